The molecule has 1 N–H and O–H groups in total. The number of rotatable bonds is 7. The van der Waals surface area contributed by atoms with E-state index >= 15 is 0 Å². The molecule has 3 aliphatic heterocycles. The number of anilines is 1. The smallest absolute Gasteiger partial charge is 0.423 e. The van der Waals surface area contributed by atoms with Crippen LogP contribution in [0.5, 0.6) is 17.2 Å². The highest BCUT2D eigenvalue weighted by atomic mass is 19.1. The van der Waals surface area contributed by atoms with Gasteiger partial charge in [0, 0.05) is 43.4 Å². The van der Waals surface area contributed by atoms with Crippen LogP contribution in [-0.4, -0.2) is 69.6 Å². The highest BCUT2D eigenvalue weighted by Gasteiger charge is 2.54. The lowest BCUT2D eigenvalue weighted by atomic mass is 9.61. The first-order chi connectivity index (χ1) is 20.4. The Hall–Kier alpha value is -3.96. The van der Waals surface area contributed by atoms with Crippen LogP contribution in [0, 0.1) is 11.2 Å². The number of aromatic nitrogens is 3. The fraction of sp³-hybridized carbons (Fsp3) is 0.452. The van der Waals surface area contributed by atoms with E-state index in [1.165, 1.54) is 30.1 Å². The van der Waals surface area contributed by atoms with Gasteiger partial charge in [0.25, 0.3) is 0 Å². The molecule has 2 aromatic heterocycles. The fourth-order valence-electron chi connectivity index (χ4n) is 6.63. The van der Waals surface area contributed by atoms with E-state index in [9.17, 15) is 9.18 Å². The third kappa shape index (κ3) is 4.90. The number of benzene rings is 1. The summed E-state index contributed by atoms with van der Waals surface area (Å²) in [5, 5.41) is 3.34. The molecule has 1 spiro atoms. The molecule has 10 nitrogen and oxygen atoms in total. The van der Waals surface area contributed by atoms with Gasteiger partial charge in [0.05, 0.1) is 24.9 Å². The Kier molecular flexibility index (Phi) is 6.86. The monoisotopic (exact) mass is 573 g/mol. The zero-order chi connectivity index (χ0) is 28.8. The van der Waals surface area contributed by atoms with E-state index in [0.717, 1.165) is 56.2 Å². The van der Waals surface area contributed by atoms with Crippen LogP contribution in [0.1, 0.15) is 54.7 Å². The summed E-state index contributed by atoms with van der Waals surface area (Å²) in [7, 11) is 0. The summed E-state index contributed by atoms with van der Waals surface area (Å²) in [6.45, 7) is 8.05. The molecule has 7 rings (SSSR count). The minimum Gasteiger partial charge on any atom is -0.490 e. The third-order valence-corrected chi connectivity index (χ3v) is 8.59. The van der Waals surface area contributed by atoms with Crippen molar-refractivity contribution in [2.45, 2.75) is 58.3 Å². The predicted molar refractivity (Wildman–Crippen MR) is 152 cm³/mol. The maximum Gasteiger partial charge on any atom is 0.423 e. The SMILES string of the molecule is CC(C)[N+](C(=O)c1cc(F)ccc1Oc1cncnc1N1CC2(CC(Oc3ccnc4c3CNC4)C2)C1)=C1CCOC1. The predicted octanol–water partition coefficient (Wildman–Crippen LogP) is 3.88. The number of halogens is 1. The van der Waals surface area contributed by atoms with Gasteiger partial charge in [0.1, 0.15) is 41.9 Å². The van der Waals surface area contributed by atoms with E-state index in [1.54, 1.807) is 10.8 Å². The van der Waals surface area contributed by atoms with Crippen molar-refractivity contribution in [2.75, 3.05) is 31.2 Å². The number of nitrogens with zero attached hydrogens (tertiary/aromatic N) is 5. The molecule has 1 saturated carbocycles. The molecule has 42 heavy (non-hydrogen) atoms. The lowest BCUT2D eigenvalue weighted by Crippen LogP contribution is -2.65. The molecular weight excluding hydrogens is 539 g/mol. The summed E-state index contributed by atoms with van der Waals surface area (Å²) < 4.78 is 34.2. The second-order valence-corrected chi connectivity index (χ2v) is 11.9. The number of pyridine rings is 1. The van der Waals surface area contributed by atoms with Crippen molar-refractivity contribution in [1.82, 2.24) is 20.3 Å². The number of ether oxygens (including phenoxy) is 3. The maximum absolute atomic E-state index is 14.4. The van der Waals surface area contributed by atoms with Crippen LogP contribution in [-0.2, 0) is 17.8 Å². The summed E-state index contributed by atoms with van der Waals surface area (Å²) in [4.78, 5) is 29.0. The van der Waals surface area contributed by atoms with Crippen LogP contribution in [0.4, 0.5) is 10.2 Å². The van der Waals surface area contributed by atoms with Crippen molar-refractivity contribution in [3.8, 4) is 17.2 Å². The van der Waals surface area contributed by atoms with Crippen molar-refractivity contribution in [3.63, 3.8) is 0 Å². The maximum atomic E-state index is 14.4. The van der Waals surface area contributed by atoms with Gasteiger partial charge in [-0.05, 0) is 51.0 Å². The Morgan fingerprint density at radius 2 is 2.02 bits per heavy atom. The van der Waals surface area contributed by atoms with E-state index in [4.69, 9.17) is 14.2 Å². The van der Waals surface area contributed by atoms with Crippen LogP contribution in [0.2, 0.25) is 0 Å². The number of carbonyl (C=O) groups excluding carboxylic acids is 1. The lowest BCUT2D eigenvalue weighted by molar-refractivity contribution is -0.464. The molecular formula is C31H34FN6O4+. The summed E-state index contributed by atoms with van der Waals surface area (Å²) >= 11 is 0. The van der Waals surface area contributed by atoms with E-state index in [1.807, 2.05) is 26.1 Å². The molecule has 3 aromatic rings. The minimum atomic E-state index is -0.508. The molecule has 0 bridgehead atoms. The normalized spacial score (nSPS) is 20.3. The minimum absolute atomic E-state index is 0.121. The number of amides is 1. The molecule has 0 radical (unpaired) electrons. The van der Waals surface area contributed by atoms with Crippen LogP contribution >= 0.6 is 0 Å². The molecule has 218 valence electrons. The molecule has 2 saturated heterocycles. The highest BCUT2D eigenvalue weighted by molar-refractivity contribution is 5.96. The van der Waals surface area contributed by atoms with Crippen molar-refractivity contribution >= 4 is 17.4 Å². The van der Waals surface area contributed by atoms with Crippen molar-refractivity contribution < 1.29 is 28.0 Å². The largest absolute Gasteiger partial charge is 0.490 e. The second kappa shape index (κ2) is 10.7. The van der Waals surface area contributed by atoms with Crippen molar-refractivity contribution in [1.29, 1.82) is 0 Å². The van der Waals surface area contributed by atoms with Gasteiger partial charge in [0.15, 0.2) is 23.3 Å². The van der Waals surface area contributed by atoms with E-state index in [2.05, 4.69) is 25.2 Å². The van der Waals surface area contributed by atoms with Gasteiger partial charge in [-0.2, -0.15) is 4.58 Å². The second-order valence-electron chi connectivity index (χ2n) is 11.9. The average molecular weight is 574 g/mol. The molecule has 1 amide bonds. The zero-order valence-electron chi connectivity index (χ0n) is 23.8. The zero-order valence-corrected chi connectivity index (χ0v) is 23.8. The highest BCUT2D eigenvalue weighted by Crippen LogP contribution is 2.52. The molecule has 5 heterocycles. The number of hydrogen-bond donors (Lipinski definition) is 1. The topological polar surface area (TPSA) is 102 Å². The van der Waals surface area contributed by atoms with Gasteiger partial charge in [-0.1, -0.05) is 0 Å². The molecule has 4 aliphatic rings. The Morgan fingerprint density at radius 3 is 2.81 bits per heavy atom. The molecule has 1 aliphatic carbocycles. The molecule has 3 fully saturated rings. The first-order valence-corrected chi connectivity index (χ1v) is 14.5. The van der Waals surface area contributed by atoms with Crippen molar-refractivity contribution in [3.05, 3.63) is 65.6 Å². The summed E-state index contributed by atoms with van der Waals surface area (Å²) in [5.74, 6) is 1.44. The number of nitrogens with one attached hydrogen (secondary N) is 1. The summed E-state index contributed by atoms with van der Waals surface area (Å²) in [6, 6.07) is 5.86. The Morgan fingerprint density at radius 1 is 1.17 bits per heavy atom. The van der Waals surface area contributed by atoms with Gasteiger partial charge >= 0.3 is 5.91 Å². The average Bonchev–Trinajstić information content (AvgIpc) is 3.64. The Labute approximate surface area is 243 Å². The van der Waals surface area contributed by atoms with Gasteiger partial charge in [0.2, 0.25) is 0 Å². The van der Waals surface area contributed by atoms with E-state index in [-0.39, 0.29) is 34.8 Å². The lowest BCUT2D eigenvalue weighted by Gasteiger charge is -2.58. The van der Waals surface area contributed by atoms with Crippen LogP contribution in [0.3, 0.4) is 0 Å². The molecule has 0 unspecified atom stereocenters. The van der Waals surface area contributed by atoms with E-state index < -0.39 is 5.82 Å². The van der Waals surface area contributed by atoms with Crippen molar-refractivity contribution in [2.24, 2.45) is 5.41 Å². The van der Waals surface area contributed by atoms with Gasteiger partial charge < -0.3 is 24.4 Å². The van der Waals surface area contributed by atoms with E-state index in [0.29, 0.717) is 31.2 Å². The first kappa shape index (κ1) is 26.9. The van der Waals surface area contributed by atoms with Gasteiger partial charge in [-0.15, -0.1) is 0 Å². The third-order valence-electron chi connectivity index (χ3n) is 8.59. The van der Waals surface area contributed by atoms with Gasteiger partial charge in [-0.25, -0.2) is 19.2 Å². The molecule has 1 aromatic carbocycles. The Bertz CT molecular complexity index is 1550. The van der Waals surface area contributed by atoms with Crippen LogP contribution < -0.4 is 19.7 Å². The summed E-state index contributed by atoms with van der Waals surface area (Å²) in [6.07, 6.45) is 7.69. The van der Waals surface area contributed by atoms with Crippen LogP contribution in [0.15, 0.2) is 43.0 Å². The standard InChI is InChI=1S/C31H34FN6O4/c1-19(2)38(21-6-8-40-15-21)30(39)23-9-20(32)3-4-26(23)42-28-14-34-18-36-29(28)37-16-31(17-37)10-22(11-31)41-27-5-7-35-25-13-33-12-24(25)27/h3-5,7,9,14,18-19,22,33H,6,8,10-13,15-17H2,1-2H3/q+1. The number of fused-ring (bicyclic) bond motifs is 1. The quantitative estimate of drug-likeness (QED) is 0.422. The number of hydrogen-bond acceptors (Lipinski definition) is 9. The fourth-order valence-corrected chi connectivity index (χ4v) is 6.63. The van der Waals surface area contributed by atoms with Gasteiger partial charge in [-0.3, -0.25) is 4.98 Å². The molecule has 11 heteroatoms. The Balaban J connectivity index is 1.06. The molecule has 0 atom stereocenters. The summed E-state index contributed by atoms with van der Waals surface area (Å²) in [5.41, 5.74) is 3.45. The van der Waals surface area contributed by atoms with Crippen LogP contribution in [0.25, 0.3) is 0 Å². The first-order valence-electron chi connectivity index (χ1n) is 14.5. The number of carbonyl (C=O) groups is 1.